The van der Waals surface area contributed by atoms with Gasteiger partial charge in [0, 0.05) is 26.1 Å². The van der Waals surface area contributed by atoms with Crippen LogP contribution in [0.25, 0.3) is 0 Å². The van der Waals surface area contributed by atoms with E-state index in [9.17, 15) is 12.8 Å². The molecule has 0 bridgehead atoms. The van der Waals surface area contributed by atoms with E-state index in [1.165, 1.54) is 12.1 Å². The molecule has 0 spiro atoms. The molecule has 1 N–H and O–H groups in total. The molecule has 0 aliphatic carbocycles. The van der Waals surface area contributed by atoms with Gasteiger partial charge >= 0.3 is 0 Å². The Hall–Kier alpha value is -0.980. The van der Waals surface area contributed by atoms with Crippen LogP contribution in [0, 0.1) is 11.7 Å². The Bertz CT molecular complexity index is 545. The first-order chi connectivity index (χ1) is 10.0. The molecule has 1 heterocycles. The maximum absolute atomic E-state index is 13.1. The lowest BCUT2D eigenvalue weighted by Gasteiger charge is -2.23. The van der Waals surface area contributed by atoms with Crippen LogP contribution in [0.5, 0.6) is 0 Å². The van der Waals surface area contributed by atoms with Crippen molar-refractivity contribution >= 4 is 9.84 Å². The summed E-state index contributed by atoms with van der Waals surface area (Å²) in [5, 5.41) is 3.29. The molecule has 6 heteroatoms. The van der Waals surface area contributed by atoms with Gasteiger partial charge < -0.3 is 10.1 Å². The summed E-state index contributed by atoms with van der Waals surface area (Å²) in [6.45, 7) is 2.00. The maximum atomic E-state index is 13.1. The van der Waals surface area contributed by atoms with E-state index < -0.39 is 9.84 Å². The van der Waals surface area contributed by atoms with Crippen LogP contribution in [-0.4, -0.2) is 46.7 Å². The Kier molecular flexibility index (Phi) is 5.72. The van der Waals surface area contributed by atoms with E-state index in [4.69, 9.17) is 4.74 Å². The van der Waals surface area contributed by atoms with Crippen LogP contribution in [0.1, 0.15) is 17.9 Å². The molecule has 1 aliphatic rings. The van der Waals surface area contributed by atoms with Gasteiger partial charge in [-0.3, -0.25) is 0 Å². The van der Waals surface area contributed by atoms with Crippen molar-refractivity contribution in [2.24, 2.45) is 5.92 Å². The summed E-state index contributed by atoms with van der Waals surface area (Å²) in [5.41, 5.74) is 0.989. The average molecular weight is 315 g/mol. The normalized spacial score (nSPS) is 22.3. The van der Waals surface area contributed by atoms with Gasteiger partial charge in [0.05, 0.1) is 18.1 Å². The van der Waals surface area contributed by atoms with Crippen molar-refractivity contribution in [1.82, 2.24) is 5.32 Å². The monoisotopic (exact) mass is 315 g/mol. The quantitative estimate of drug-likeness (QED) is 0.776. The minimum Gasteiger partial charge on any atom is -0.383 e. The Labute approximate surface area is 125 Å². The minimum absolute atomic E-state index is 0.0831. The van der Waals surface area contributed by atoms with Crippen molar-refractivity contribution in [3.05, 3.63) is 35.6 Å². The van der Waals surface area contributed by atoms with Gasteiger partial charge in [-0.1, -0.05) is 12.1 Å². The number of benzene rings is 1. The van der Waals surface area contributed by atoms with Crippen LogP contribution in [-0.2, 0) is 14.6 Å². The lowest BCUT2D eigenvalue weighted by Crippen LogP contribution is -2.29. The largest absolute Gasteiger partial charge is 0.383 e. The van der Waals surface area contributed by atoms with Crippen LogP contribution in [0.4, 0.5) is 4.39 Å². The first-order valence-corrected chi connectivity index (χ1v) is 8.99. The molecule has 0 radical (unpaired) electrons. The van der Waals surface area contributed by atoms with Crippen molar-refractivity contribution < 1.29 is 17.5 Å². The third kappa shape index (κ3) is 4.76. The van der Waals surface area contributed by atoms with Crippen LogP contribution < -0.4 is 5.32 Å². The summed E-state index contributed by atoms with van der Waals surface area (Å²) < 4.78 is 41.5. The SMILES string of the molecule is COCCNCC(c1ccc(F)cc1)C1CCS(=O)(=O)C1. The highest BCUT2D eigenvalue weighted by atomic mass is 32.2. The fourth-order valence-corrected chi connectivity index (χ4v) is 4.72. The van der Waals surface area contributed by atoms with Crippen LogP contribution in [0.2, 0.25) is 0 Å². The molecule has 0 amide bonds. The number of rotatable bonds is 7. The van der Waals surface area contributed by atoms with Gasteiger partial charge in [-0.2, -0.15) is 0 Å². The third-order valence-corrected chi connectivity index (χ3v) is 5.78. The Balaban J connectivity index is 2.08. The minimum atomic E-state index is -2.92. The third-order valence-electron chi connectivity index (χ3n) is 3.98. The second-order valence-corrected chi connectivity index (χ2v) is 7.75. The molecule has 2 rings (SSSR count). The highest BCUT2D eigenvalue weighted by molar-refractivity contribution is 7.91. The Morgan fingerprint density at radius 1 is 1.38 bits per heavy atom. The zero-order valence-electron chi connectivity index (χ0n) is 12.2. The van der Waals surface area contributed by atoms with Crippen molar-refractivity contribution in [2.75, 3.05) is 38.3 Å². The van der Waals surface area contributed by atoms with E-state index in [0.717, 1.165) is 5.56 Å². The van der Waals surface area contributed by atoms with Crippen molar-refractivity contribution in [3.8, 4) is 0 Å². The first kappa shape index (κ1) is 16.4. The number of hydrogen-bond donors (Lipinski definition) is 1. The highest BCUT2D eigenvalue weighted by Gasteiger charge is 2.34. The molecule has 1 fully saturated rings. The molecule has 1 aromatic carbocycles. The van der Waals surface area contributed by atoms with Crippen LogP contribution >= 0.6 is 0 Å². The standard InChI is InChI=1S/C15H22FNO3S/c1-20-8-7-17-10-15(12-2-4-14(16)5-3-12)13-6-9-21(18,19)11-13/h2-5,13,15,17H,6-11H2,1H3. The molecule has 0 saturated carbocycles. The molecule has 1 saturated heterocycles. The van der Waals surface area contributed by atoms with Crippen molar-refractivity contribution in [1.29, 1.82) is 0 Å². The van der Waals surface area contributed by atoms with Gasteiger partial charge in [0.2, 0.25) is 0 Å². The summed E-state index contributed by atoms with van der Waals surface area (Å²) in [6.07, 6.45) is 0.677. The van der Waals surface area contributed by atoms with Gasteiger partial charge in [-0.15, -0.1) is 0 Å². The summed E-state index contributed by atoms with van der Waals surface area (Å²) >= 11 is 0. The lowest BCUT2D eigenvalue weighted by atomic mass is 9.85. The summed E-state index contributed by atoms with van der Waals surface area (Å²) in [5.74, 6) is 0.383. The molecular formula is C15H22FNO3S. The smallest absolute Gasteiger partial charge is 0.150 e. The van der Waals surface area contributed by atoms with Crippen molar-refractivity contribution in [3.63, 3.8) is 0 Å². The number of halogens is 1. The van der Waals surface area contributed by atoms with Gasteiger partial charge in [0.15, 0.2) is 9.84 Å². The number of hydrogen-bond acceptors (Lipinski definition) is 4. The van der Waals surface area contributed by atoms with Gasteiger partial charge in [-0.05, 0) is 30.0 Å². The molecule has 4 nitrogen and oxygen atoms in total. The molecule has 118 valence electrons. The average Bonchev–Trinajstić information content (AvgIpc) is 2.80. The van der Waals surface area contributed by atoms with E-state index in [0.29, 0.717) is 26.1 Å². The number of ether oxygens (including phenoxy) is 1. The Morgan fingerprint density at radius 3 is 2.67 bits per heavy atom. The summed E-state index contributed by atoms with van der Waals surface area (Å²) in [4.78, 5) is 0. The second-order valence-electron chi connectivity index (χ2n) is 5.52. The molecule has 1 aromatic rings. The van der Waals surface area contributed by atoms with Gasteiger partial charge in [-0.25, -0.2) is 12.8 Å². The van der Waals surface area contributed by atoms with E-state index >= 15 is 0 Å². The molecule has 2 atom stereocenters. The molecule has 1 aliphatic heterocycles. The number of sulfone groups is 1. The van der Waals surface area contributed by atoms with E-state index in [1.54, 1.807) is 19.2 Å². The van der Waals surface area contributed by atoms with Crippen LogP contribution in [0.15, 0.2) is 24.3 Å². The van der Waals surface area contributed by atoms with Crippen LogP contribution in [0.3, 0.4) is 0 Å². The molecule has 21 heavy (non-hydrogen) atoms. The number of methoxy groups -OCH3 is 1. The zero-order chi connectivity index (χ0) is 15.3. The fourth-order valence-electron chi connectivity index (χ4n) is 2.84. The first-order valence-electron chi connectivity index (χ1n) is 7.17. The lowest BCUT2D eigenvalue weighted by molar-refractivity contribution is 0.198. The second kappa shape index (κ2) is 7.33. The summed E-state index contributed by atoms with van der Waals surface area (Å²) in [7, 11) is -1.28. The molecule has 2 unspecified atom stereocenters. The van der Waals surface area contributed by atoms with Crippen molar-refractivity contribution in [2.45, 2.75) is 12.3 Å². The topological polar surface area (TPSA) is 55.4 Å². The predicted molar refractivity (Wildman–Crippen MR) is 80.6 cm³/mol. The summed E-state index contributed by atoms with van der Waals surface area (Å²) in [6, 6.07) is 6.37. The number of nitrogens with one attached hydrogen (secondary N) is 1. The Morgan fingerprint density at radius 2 is 2.10 bits per heavy atom. The predicted octanol–water partition coefficient (Wildman–Crippen LogP) is 1.58. The molecule has 0 aromatic heterocycles. The maximum Gasteiger partial charge on any atom is 0.150 e. The van der Waals surface area contributed by atoms with Gasteiger partial charge in [0.1, 0.15) is 5.82 Å². The highest BCUT2D eigenvalue weighted by Crippen LogP contribution is 2.33. The zero-order valence-corrected chi connectivity index (χ0v) is 13.0. The van der Waals surface area contributed by atoms with E-state index in [2.05, 4.69) is 5.32 Å². The molecular weight excluding hydrogens is 293 g/mol. The fraction of sp³-hybridized carbons (Fsp3) is 0.600. The van der Waals surface area contributed by atoms with E-state index in [-0.39, 0.29) is 29.2 Å². The van der Waals surface area contributed by atoms with Gasteiger partial charge in [0.25, 0.3) is 0 Å². The van der Waals surface area contributed by atoms with E-state index in [1.807, 2.05) is 0 Å².